The quantitative estimate of drug-likeness (QED) is 0.558. The maximum absolute atomic E-state index is 6.01. The molecule has 4 N–H and O–H groups in total. The summed E-state index contributed by atoms with van der Waals surface area (Å²) in [6, 6.07) is 0. The zero-order chi connectivity index (χ0) is 13.1. The number of rotatable bonds is 5. The number of halogens is 1. The van der Waals surface area contributed by atoms with Crippen LogP contribution in [0, 0.1) is 11.3 Å². The fourth-order valence-corrected chi connectivity index (χ4v) is 1.23. The minimum absolute atomic E-state index is 0.157. The Kier molecular flexibility index (Phi) is 4.54. The molecule has 0 bridgehead atoms. The minimum Gasteiger partial charge on any atom is -0.368 e. The van der Waals surface area contributed by atoms with Crippen LogP contribution in [0.15, 0.2) is 6.20 Å². The summed E-state index contributed by atoms with van der Waals surface area (Å²) in [6.45, 7) is 9.56. The van der Waals surface area contributed by atoms with Crippen LogP contribution in [0.2, 0.25) is 5.02 Å². The molecule has 0 saturated heterocycles. The summed E-state index contributed by atoms with van der Waals surface area (Å²) in [5.41, 5.74) is 2.55. The van der Waals surface area contributed by atoms with Crippen LogP contribution >= 0.6 is 11.6 Å². The summed E-state index contributed by atoms with van der Waals surface area (Å²) in [6.07, 6.45) is 1.52. The van der Waals surface area contributed by atoms with Crippen LogP contribution in [0.4, 0.5) is 11.8 Å². The average Bonchev–Trinajstić information content (AvgIpc) is 2.28. The van der Waals surface area contributed by atoms with Crippen molar-refractivity contribution in [1.82, 2.24) is 9.97 Å². The highest BCUT2D eigenvalue weighted by Gasteiger charge is 2.22. The topological polar surface area (TPSA) is 75.9 Å². The van der Waals surface area contributed by atoms with Gasteiger partial charge < -0.3 is 5.32 Å². The molecule has 1 aromatic rings. The van der Waals surface area contributed by atoms with Crippen LogP contribution in [0.25, 0.3) is 0 Å². The monoisotopic (exact) mass is 257 g/mol. The molecule has 0 radical (unpaired) electrons. The highest BCUT2D eigenvalue weighted by Crippen LogP contribution is 2.27. The summed E-state index contributed by atoms with van der Waals surface area (Å²) in [5, 5.41) is 3.72. The van der Waals surface area contributed by atoms with Crippen LogP contribution in [-0.4, -0.2) is 16.5 Å². The van der Waals surface area contributed by atoms with Crippen molar-refractivity contribution in [2.24, 2.45) is 17.2 Å². The van der Waals surface area contributed by atoms with Crippen molar-refractivity contribution in [1.29, 1.82) is 0 Å². The number of nitrogens with zero attached hydrogens (tertiary/aromatic N) is 2. The molecule has 0 aromatic carbocycles. The molecule has 0 spiro atoms. The zero-order valence-electron chi connectivity index (χ0n) is 10.7. The summed E-state index contributed by atoms with van der Waals surface area (Å²) in [5.74, 6) is 6.76. The van der Waals surface area contributed by atoms with E-state index in [2.05, 4.69) is 48.4 Å². The highest BCUT2D eigenvalue weighted by molar-refractivity contribution is 6.32. The first-order valence-electron chi connectivity index (χ1n) is 5.60. The maximum Gasteiger partial charge on any atom is 0.239 e. The second-order valence-corrected chi connectivity index (χ2v) is 5.44. The smallest absolute Gasteiger partial charge is 0.239 e. The molecule has 1 heterocycles. The first kappa shape index (κ1) is 14.0. The third kappa shape index (κ3) is 3.71. The van der Waals surface area contributed by atoms with Gasteiger partial charge in [0.05, 0.1) is 6.20 Å². The van der Waals surface area contributed by atoms with Gasteiger partial charge in [-0.05, 0) is 11.3 Å². The molecule has 0 saturated carbocycles. The largest absolute Gasteiger partial charge is 0.368 e. The number of nitrogen functional groups attached to an aromatic ring is 1. The highest BCUT2D eigenvalue weighted by atomic mass is 35.5. The van der Waals surface area contributed by atoms with Crippen LogP contribution in [-0.2, 0) is 0 Å². The molecular formula is C11H20ClN5. The molecule has 0 aliphatic rings. The second kappa shape index (κ2) is 5.51. The lowest BCUT2D eigenvalue weighted by molar-refractivity contribution is 0.269. The fraction of sp³-hybridized carbons (Fsp3) is 0.636. The van der Waals surface area contributed by atoms with Crippen molar-refractivity contribution < 1.29 is 0 Å². The molecule has 1 aromatic heterocycles. The molecule has 0 unspecified atom stereocenters. The van der Waals surface area contributed by atoms with Gasteiger partial charge in [-0.1, -0.05) is 39.3 Å². The van der Waals surface area contributed by atoms with Crippen molar-refractivity contribution in [2.75, 3.05) is 17.3 Å². The van der Waals surface area contributed by atoms with E-state index in [4.69, 9.17) is 17.4 Å². The predicted molar refractivity (Wildman–Crippen MR) is 72.0 cm³/mol. The third-order valence-corrected chi connectivity index (χ3v) is 3.42. The maximum atomic E-state index is 6.01. The van der Waals surface area contributed by atoms with E-state index < -0.39 is 0 Å². The lowest BCUT2D eigenvalue weighted by Crippen LogP contribution is -2.29. The molecule has 96 valence electrons. The van der Waals surface area contributed by atoms with Gasteiger partial charge in [0.15, 0.2) is 5.82 Å². The van der Waals surface area contributed by atoms with Gasteiger partial charge in [-0.15, -0.1) is 0 Å². The van der Waals surface area contributed by atoms with E-state index in [0.29, 0.717) is 22.7 Å². The van der Waals surface area contributed by atoms with E-state index in [9.17, 15) is 0 Å². The zero-order valence-corrected chi connectivity index (χ0v) is 11.5. The van der Waals surface area contributed by atoms with Gasteiger partial charge in [0.25, 0.3) is 0 Å². The molecule has 0 atom stereocenters. The Labute approximate surface area is 107 Å². The van der Waals surface area contributed by atoms with Crippen LogP contribution < -0.4 is 16.6 Å². The van der Waals surface area contributed by atoms with Gasteiger partial charge in [0.1, 0.15) is 5.02 Å². The Morgan fingerprint density at radius 3 is 2.65 bits per heavy atom. The number of hydrogen-bond acceptors (Lipinski definition) is 5. The summed E-state index contributed by atoms with van der Waals surface area (Å²) < 4.78 is 0. The second-order valence-electron chi connectivity index (χ2n) is 5.03. The number of hydrazine groups is 1. The summed E-state index contributed by atoms with van der Waals surface area (Å²) in [7, 11) is 0. The molecule has 5 nitrogen and oxygen atoms in total. The Morgan fingerprint density at radius 2 is 2.12 bits per heavy atom. The van der Waals surface area contributed by atoms with Crippen LogP contribution in [0.5, 0.6) is 0 Å². The predicted octanol–water partition coefficient (Wildman–Crippen LogP) is 2.51. The number of hydrogen-bond donors (Lipinski definition) is 3. The van der Waals surface area contributed by atoms with E-state index >= 15 is 0 Å². The average molecular weight is 258 g/mol. The van der Waals surface area contributed by atoms with Crippen LogP contribution in [0.1, 0.15) is 27.7 Å². The Morgan fingerprint density at radius 1 is 1.47 bits per heavy atom. The number of nitrogens with one attached hydrogen (secondary N) is 2. The van der Waals surface area contributed by atoms with E-state index in [1.54, 1.807) is 0 Å². The van der Waals surface area contributed by atoms with Crippen molar-refractivity contribution in [3.63, 3.8) is 0 Å². The lowest BCUT2D eigenvalue weighted by atomic mass is 9.81. The standard InChI is InChI=1S/C11H20ClN5/c1-7(2)11(3,4)6-15-9-8(12)5-14-10(16-9)17-13/h5,7H,6,13H2,1-4H3,(H2,14,15,16,17). The Bertz CT molecular complexity index is 378. The Balaban J connectivity index is 2.75. The fourth-order valence-electron chi connectivity index (χ4n) is 1.08. The van der Waals surface area contributed by atoms with Crippen LogP contribution in [0.3, 0.4) is 0 Å². The third-order valence-electron chi connectivity index (χ3n) is 3.15. The van der Waals surface area contributed by atoms with Gasteiger partial charge in [-0.3, -0.25) is 5.43 Å². The molecule has 0 aliphatic heterocycles. The van der Waals surface area contributed by atoms with Gasteiger partial charge in [-0.2, -0.15) is 4.98 Å². The molecule has 0 aliphatic carbocycles. The first-order valence-corrected chi connectivity index (χ1v) is 5.97. The Hall–Kier alpha value is -1.07. The summed E-state index contributed by atoms with van der Waals surface area (Å²) in [4.78, 5) is 8.08. The lowest BCUT2D eigenvalue weighted by Gasteiger charge is -2.29. The molecule has 6 heteroatoms. The molecular weight excluding hydrogens is 238 g/mol. The van der Waals surface area contributed by atoms with Gasteiger partial charge in [0, 0.05) is 6.54 Å². The number of anilines is 2. The van der Waals surface area contributed by atoms with E-state index in [0.717, 1.165) is 6.54 Å². The van der Waals surface area contributed by atoms with Crippen molar-refractivity contribution in [3.05, 3.63) is 11.2 Å². The molecule has 1 rings (SSSR count). The van der Waals surface area contributed by atoms with Crippen molar-refractivity contribution in [3.8, 4) is 0 Å². The first-order chi connectivity index (χ1) is 7.86. The molecule has 0 fully saturated rings. The number of aromatic nitrogens is 2. The van der Waals surface area contributed by atoms with Crippen molar-refractivity contribution in [2.45, 2.75) is 27.7 Å². The van der Waals surface area contributed by atoms with E-state index in [-0.39, 0.29) is 5.41 Å². The van der Waals surface area contributed by atoms with Gasteiger partial charge in [0.2, 0.25) is 5.95 Å². The normalized spacial score (nSPS) is 11.7. The van der Waals surface area contributed by atoms with Gasteiger partial charge >= 0.3 is 0 Å². The SMILES string of the molecule is CC(C)C(C)(C)CNc1nc(NN)ncc1Cl. The van der Waals surface area contributed by atoms with E-state index in [1.165, 1.54) is 6.20 Å². The van der Waals surface area contributed by atoms with Gasteiger partial charge in [-0.25, -0.2) is 10.8 Å². The number of nitrogens with two attached hydrogens (primary N) is 1. The minimum atomic E-state index is 0.157. The van der Waals surface area contributed by atoms with E-state index in [1.807, 2.05) is 0 Å². The van der Waals surface area contributed by atoms with Crippen molar-refractivity contribution >= 4 is 23.4 Å². The molecule has 17 heavy (non-hydrogen) atoms. The summed E-state index contributed by atoms with van der Waals surface area (Å²) >= 11 is 6.01. The molecule has 0 amide bonds.